The molecule has 4 aliphatic carbocycles. The number of aliphatic hydroxyl groups excluding tert-OH is 1. The number of aliphatic hydroxyl groups is 1. The van der Waals surface area contributed by atoms with E-state index in [1.807, 2.05) is 6.08 Å². The molecule has 0 amide bonds. The van der Waals surface area contributed by atoms with E-state index in [4.69, 9.17) is 9.97 Å². The number of Topliss-reactive ketones (excluding diaryl/α,β-unsaturated/α-hetero) is 1. The third kappa shape index (κ3) is 5.94. The van der Waals surface area contributed by atoms with E-state index in [1.165, 1.54) is 5.57 Å². The number of carbonyl (C=O) groups excluding carboxylic acids is 2. The lowest BCUT2D eigenvalue weighted by Gasteiger charge is -2.58. The number of ketones is 2. The Kier molecular flexibility index (Phi) is 9.62. The maximum absolute atomic E-state index is 14.3. The molecule has 1 N–H and O–H groups in total. The van der Waals surface area contributed by atoms with Crippen molar-refractivity contribution in [3.05, 3.63) is 29.9 Å². The molecule has 2 heterocycles. The summed E-state index contributed by atoms with van der Waals surface area (Å²) in [5.41, 5.74) is 0.708. The SMILES string of the molecule is CCN(CC)c1cc(N2CCN(CC(=O)[C@H]3[C@H](C)C[C@H]4[C@@H]5CCC6=CC(=O)C=C[C@]6(C)[C@H]5C(O)C[C@@]43C)CC2)nc(N(CC)CC)n1. The molecule has 9 nitrogen and oxygen atoms in total. The Morgan fingerprint density at radius 3 is 2.36 bits per heavy atom. The first kappa shape index (κ1) is 34.1. The van der Waals surface area contributed by atoms with Gasteiger partial charge in [0.2, 0.25) is 5.95 Å². The lowest BCUT2D eigenvalue weighted by molar-refractivity contribution is -0.141. The lowest BCUT2D eigenvalue weighted by Crippen LogP contribution is -2.57. The number of hydrogen-bond donors (Lipinski definition) is 1. The number of carbonyl (C=O) groups is 2. The number of allylic oxidation sites excluding steroid dienone is 4. The summed E-state index contributed by atoms with van der Waals surface area (Å²) in [6.45, 7) is 22.7. The molecule has 9 heteroatoms. The van der Waals surface area contributed by atoms with Gasteiger partial charge in [-0.1, -0.05) is 32.4 Å². The molecule has 0 bridgehead atoms. The van der Waals surface area contributed by atoms with Crippen molar-refractivity contribution in [3.8, 4) is 0 Å². The summed E-state index contributed by atoms with van der Waals surface area (Å²) in [6, 6.07) is 2.13. The van der Waals surface area contributed by atoms with Crippen LogP contribution in [-0.2, 0) is 9.59 Å². The summed E-state index contributed by atoms with van der Waals surface area (Å²) in [7, 11) is 0. The molecule has 4 fully saturated rings. The molecule has 3 saturated carbocycles. The second-order valence-electron chi connectivity index (χ2n) is 15.4. The molecular weight excluding hydrogens is 588 g/mol. The van der Waals surface area contributed by atoms with E-state index in [0.717, 1.165) is 89.2 Å². The van der Waals surface area contributed by atoms with Gasteiger partial charge in [-0.05, 0) is 88.7 Å². The van der Waals surface area contributed by atoms with Crippen LogP contribution in [0.3, 0.4) is 0 Å². The van der Waals surface area contributed by atoms with Crippen LogP contribution < -0.4 is 14.7 Å². The summed E-state index contributed by atoms with van der Waals surface area (Å²) in [5, 5.41) is 11.8. The quantitative estimate of drug-likeness (QED) is 0.377. The van der Waals surface area contributed by atoms with E-state index in [2.05, 4.69) is 80.2 Å². The van der Waals surface area contributed by atoms with Crippen molar-refractivity contribution in [2.75, 3.05) is 73.6 Å². The van der Waals surface area contributed by atoms with Gasteiger partial charge in [0.1, 0.15) is 11.6 Å². The first-order chi connectivity index (χ1) is 22.5. The Labute approximate surface area is 282 Å². The van der Waals surface area contributed by atoms with Gasteiger partial charge < -0.3 is 19.8 Å². The van der Waals surface area contributed by atoms with Crippen molar-refractivity contribution in [1.29, 1.82) is 0 Å². The van der Waals surface area contributed by atoms with Crippen LogP contribution in [0.4, 0.5) is 17.6 Å². The van der Waals surface area contributed by atoms with Gasteiger partial charge in [-0.3, -0.25) is 14.5 Å². The first-order valence-electron chi connectivity index (χ1n) is 18.5. The standard InChI is InChI=1S/C38H58N6O3/c1-8-42(9-2)32-22-33(40-36(39-32)43(10-3)11-4)44-18-16-41(17-19-44)24-31(47)34-25(5)20-29-28-13-12-26-21-27(45)14-15-37(26,6)35(28)30(46)23-38(29,34)7/h14-15,21-22,25,28-30,34-35,46H,8-13,16-20,23-24H2,1-7H3/t25-,28+,29+,30?,34-,35-,37+,38+/m1/s1. The summed E-state index contributed by atoms with van der Waals surface area (Å²) < 4.78 is 0. The van der Waals surface area contributed by atoms with Crippen LogP contribution >= 0.6 is 0 Å². The lowest BCUT2D eigenvalue weighted by atomic mass is 9.46. The van der Waals surface area contributed by atoms with Crippen molar-refractivity contribution in [2.45, 2.75) is 80.3 Å². The van der Waals surface area contributed by atoms with E-state index in [1.54, 1.807) is 6.08 Å². The average molecular weight is 647 g/mol. The summed E-state index contributed by atoms with van der Waals surface area (Å²) in [4.78, 5) is 45.6. The van der Waals surface area contributed by atoms with Gasteiger partial charge >= 0.3 is 0 Å². The topological polar surface area (TPSA) is 93.1 Å². The third-order valence-electron chi connectivity index (χ3n) is 13.1. The van der Waals surface area contributed by atoms with Crippen molar-refractivity contribution in [2.24, 2.45) is 40.4 Å². The molecule has 258 valence electrons. The number of piperazine rings is 1. The maximum atomic E-state index is 14.3. The summed E-state index contributed by atoms with van der Waals surface area (Å²) in [5.74, 6) is 4.29. The number of nitrogens with zero attached hydrogens (tertiary/aromatic N) is 6. The Balaban J connectivity index is 1.14. The molecule has 0 radical (unpaired) electrons. The summed E-state index contributed by atoms with van der Waals surface area (Å²) >= 11 is 0. The van der Waals surface area contributed by atoms with Crippen LogP contribution in [0.25, 0.3) is 0 Å². The number of aromatic nitrogens is 2. The molecule has 1 aromatic heterocycles. The van der Waals surface area contributed by atoms with Crippen LogP contribution in [0, 0.1) is 40.4 Å². The Bertz CT molecular complexity index is 1370. The highest BCUT2D eigenvalue weighted by Crippen LogP contribution is 2.67. The fourth-order valence-electron chi connectivity index (χ4n) is 10.8. The molecule has 1 aliphatic heterocycles. The highest BCUT2D eigenvalue weighted by atomic mass is 16.3. The molecule has 1 saturated heterocycles. The molecule has 6 rings (SSSR count). The van der Waals surface area contributed by atoms with Crippen LogP contribution in [0.5, 0.6) is 0 Å². The van der Waals surface area contributed by atoms with Gasteiger partial charge in [0.25, 0.3) is 0 Å². The molecule has 5 aliphatic rings. The highest BCUT2D eigenvalue weighted by molar-refractivity contribution is 6.01. The zero-order valence-corrected chi connectivity index (χ0v) is 29.9. The number of rotatable bonds is 10. The van der Waals surface area contributed by atoms with Gasteiger partial charge in [0.15, 0.2) is 11.6 Å². The molecule has 8 atom stereocenters. The Morgan fingerprint density at radius 2 is 1.70 bits per heavy atom. The fourth-order valence-corrected chi connectivity index (χ4v) is 10.8. The molecule has 47 heavy (non-hydrogen) atoms. The first-order valence-corrected chi connectivity index (χ1v) is 18.5. The van der Waals surface area contributed by atoms with E-state index < -0.39 is 6.10 Å². The number of anilines is 3. The minimum Gasteiger partial charge on any atom is -0.393 e. The summed E-state index contributed by atoms with van der Waals surface area (Å²) in [6.07, 6.45) is 8.72. The van der Waals surface area contributed by atoms with Crippen LogP contribution in [-0.4, -0.2) is 96.5 Å². The fraction of sp³-hybridized carbons (Fsp3) is 0.737. The zero-order valence-electron chi connectivity index (χ0n) is 29.9. The van der Waals surface area contributed by atoms with Crippen molar-refractivity contribution in [3.63, 3.8) is 0 Å². The normalized spacial score (nSPS) is 35.2. The molecule has 0 spiro atoms. The van der Waals surface area contributed by atoms with Crippen molar-refractivity contribution >= 4 is 29.2 Å². The second-order valence-corrected chi connectivity index (χ2v) is 15.4. The monoisotopic (exact) mass is 646 g/mol. The van der Waals surface area contributed by atoms with E-state index in [0.29, 0.717) is 36.5 Å². The predicted molar refractivity (Wildman–Crippen MR) is 189 cm³/mol. The van der Waals surface area contributed by atoms with Crippen LogP contribution in [0.15, 0.2) is 29.9 Å². The van der Waals surface area contributed by atoms with Gasteiger partial charge in [0, 0.05) is 75.7 Å². The van der Waals surface area contributed by atoms with Crippen molar-refractivity contribution in [1.82, 2.24) is 14.9 Å². The average Bonchev–Trinajstić information content (AvgIpc) is 3.32. The van der Waals surface area contributed by atoms with E-state index >= 15 is 0 Å². The molecule has 1 unspecified atom stereocenters. The smallest absolute Gasteiger partial charge is 0.229 e. The Morgan fingerprint density at radius 1 is 1.02 bits per heavy atom. The molecule has 1 aromatic rings. The number of fused-ring (bicyclic) bond motifs is 5. The largest absolute Gasteiger partial charge is 0.393 e. The van der Waals surface area contributed by atoms with E-state index in [-0.39, 0.29) is 28.4 Å². The maximum Gasteiger partial charge on any atom is 0.229 e. The minimum atomic E-state index is -0.479. The molecular formula is C38H58N6O3. The van der Waals surface area contributed by atoms with Gasteiger partial charge in [-0.25, -0.2) is 0 Å². The van der Waals surface area contributed by atoms with Gasteiger partial charge in [-0.2, -0.15) is 9.97 Å². The van der Waals surface area contributed by atoms with Gasteiger partial charge in [-0.15, -0.1) is 0 Å². The Hall–Kier alpha value is -2.78. The second kappa shape index (κ2) is 13.3. The number of hydrogen-bond acceptors (Lipinski definition) is 9. The van der Waals surface area contributed by atoms with Crippen LogP contribution in [0.1, 0.15) is 74.1 Å². The van der Waals surface area contributed by atoms with Crippen LogP contribution in [0.2, 0.25) is 0 Å². The minimum absolute atomic E-state index is 0.0375. The zero-order chi connectivity index (χ0) is 33.7. The highest BCUT2D eigenvalue weighted by Gasteiger charge is 2.64. The molecule has 0 aromatic carbocycles. The predicted octanol–water partition coefficient (Wildman–Crippen LogP) is 5.00. The van der Waals surface area contributed by atoms with Crippen molar-refractivity contribution < 1.29 is 14.7 Å². The third-order valence-corrected chi connectivity index (χ3v) is 13.1. The van der Waals surface area contributed by atoms with E-state index in [9.17, 15) is 14.7 Å². The van der Waals surface area contributed by atoms with Gasteiger partial charge in [0.05, 0.1) is 12.6 Å².